The number of carbonyl (C=O) groups is 1. The highest BCUT2D eigenvalue weighted by Crippen LogP contribution is 2.08. The maximum Gasteiger partial charge on any atom is 0.386 e. The number of halogens is 2. The fourth-order valence-corrected chi connectivity index (χ4v) is 0.623. The fourth-order valence-electron chi connectivity index (χ4n) is 0.623. The lowest BCUT2D eigenvalue weighted by Crippen LogP contribution is -1.95. The van der Waals surface area contributed by atoms with Gasteiger partial charge in [0.2, 0.25) is 0 Å². The molecule has 1 rings (SSSR count). The molecule has 11 heavy (non-hydrogen) atoms. The van der Waals surface area contributed by atoms with Crippen LogP contribution in [0.2, 0.25) is 0 Å². The van der Waals surface area contributed by atoms with Gasteiger partial charge in [-0.25, -0.2) is 18.7 Å². The molecule has 57 valence electrons. The van der Waals surface area contributed by atoms with Crippen molar-refractivity contribution in [2.75, 3.05) is 0 Å². The minimum absolute atomic E-state index is 0.371. The second kappa shape index (κ2) is 2.65. The van der Waals surface area contributed by atoms with Crippen LogP contribution in [0.15, 0.2) is 18.2 Å². The Bertz CT molecular complexity index is 296. The zero-order chi connectivity index (χ0) is 8.43. The van der Waals surface area contributed by atoms with Crippen LogP contribution < -0.4 is 0 Å². The smallest absolute Gasteiger partial charge is 0.242 e. The van der Waals surface area contributed by atoms with E-state index >= 15 is 0 Å². The van der Waals surface area contributed by atoms with Crippen LogP contribution in [-0.4, -0.2) is 5.97 Å². The third-order valence-electron chi connectivity index (χ3n) is 1.16. The van der Waals surface area contributed by atoms with E-state index in [-0.39, 0.29) is 5.56 Å². The van der Waals surface area contributed by atoms with Crippen LogP contribution in [0.1, 0.15) is 10.4 Å². The summed E-state index contributed by atoms with van der Waals surface area (Å²) in [6, 6.07) is 2.25. The summed E-state index contributed by atoms with van der Waals surface area (Å²) in [5, 5.41) is 10.1. The molecule has 0 heterocycles. The summed E-state index contributed by atoms with van der Waals surface area (Å²) in [5.74, 6) is -3.79. The summed E-state index contributed by atoms with van der Waals surface area (Å²) in [6.07, 6.45) is 0. The lowest BCUT2D eigenvalue weighted by Gasteiger charge is -1.92. The van der Waals surface area contributed by atoms with E-state index in [1.54, 1.807) is 0 Å². The molecule has 0 aliphatic carbocycles. The number of rotatable bonds is 1. The molecule has 0 N–H and O–H groups in total. The molecule has 2 nitrogen and oxygen atoms in total. The van der Waals surface area contributed by atoms with E-state index in [0.717, 1.165) is 12.1 Å². The highest BCUT2D eigenvalue weighted by molar-refractivity contribution is 5.87. The zero-order valence-corrected chi connectivity index (χ0v) is 5.30. The molecule has 0 aromatic heterocycles. The summed E-state index contributed by atoms with van der Waals surface area (Å²) in [5.41, 5.74) is -0.371. The number of carbonyl (C=O) groups excluding carboxylic acids is 1. The van der Waals surface area contributed by atoms with E-state index in [1.165, 1.54) is 0 Å². The Balaban J connectivity index is 3.15. The molecule has 4 heteroatoms. The van der Waals surface area contributed by atoms with Gasteiger partial charge < -0.3 is 0 Å². The van der Waals surface area contributed by atoms with Crippen LogP contribution in [0.25, 0.3) is 0 Å². The Labute approximate surface area is 61.1 Å². The van der Waals surface area contributed by atoms with Gasteiger partial charge in [0.25, 0.3) is 0 Å². The van der Waals surface area contributed by atoms with Gasteiger partial charge in [0.15, 0.2) is 11.6 Å². The van der Waals surface area contributed by atoms with E-state index in [2.05, 4.69) is 0 Å². The molecular formula is C7H3F2O2. The number of benzene rings is 1. The van der Waals surface area contributed by atoms with E-state index in [0.29, 0.717) is 6.07 Å². The third-order valence-corrected chi connectivity index (χ3v) is 1.16. The fraction of sp³-hybridized carbons (Fsp3) is 0. The average Bonchev–Trinajstić information content (AvgIpc) is 1.94. The van der Waals surface area contributed by atoms with E-state index < -0.39 is 17.6 Å². The van der Waals surface area contributed by atoms with Crippen molar-refractivity contribution in [3.63, 3.8) is 0 Å². The molecule has 0 amide bonds. The largest absolute Gasteiger partial charge is 0.386 e. The maximum atomic E-state index is 12.3. The van der Waals surface area contributed by atoms with Gasteiger partial charge in [0, 0.05) is 0 Å². The normalized spacial score (nSPS) is 9.64. The Morgan fingerprint density at radius 3 is 2.27 bits per heavy atom. The maximum absolute atomic E-state index is 12.3. The summed E-state index contributed by atoms with van der Waals surface area (Å²) in [6.45, 7) is 0. The minimum Gasteiger partial charge on any atom is -0.242 e. The van der Waals surface area contributed by atoms with Gasteiger partial charge in [-0.3, -0.25) is 0 Å². The molecule has 0 atom stereocenters. The first-order chi connectivity index (χ1) is 5.11. The van der Waals surface area contributed by atoms with Gasteiger partial charge in [0.05, 0.1) is 5.56 Å². The first kappa shape index (κ1) is 7.65. The predicted molar refractivity (Wildman–Crippen MR) is 31.4 cm³/mol. The Morgan fingerprint density at radius 1 is 1.18 bits per heavy atom. The minimum atomic E-state index is -1.52. The van der Waals surface area contributed by atoms with Crippen molar-refractivity contribution in [1.29, 1.82) is 0 Å². The molecule has 0 aliphatic heterocycles. The standard InChI is InChI=1S/C7H3F2O2/c8-5-2-1-4(7(10)11)3-6(5)9/h1-3H. The lowest BCUT2D eigenvalue weighted by atomic mass is 10.2. The van der Waals surface area contributed by atoms with Crippen LogP contribution in [-0.2, 0) is 5.11 Å². The monoisotopic (exact) mass is 157 g/mol. The van der Waals surface area contributed by atoms with Gasteiger partial charge in [0.1, 0.15) is 0 Å². The predicted octanol–water partition coefficient (Wildman–Crippen LogP) is 1.54. The summed E-state index contributed by atoms with van der Waals surface area (Å²) < 4.78 is 24.4. The topological polar surface area (TPSA) is 37.0 Å². The molecule has 0 unspecified atom stereocenters. The van der Waals surface area contributed by atoms with Gasteiger partial charge in [-0.05, 0) is 18.2 Å². The molecule has 1 aromatic rings. The molecule has 0 saturated carbocycles. The van der Waals surface area contributed by atoms with Crippen LogP contribution >= 0.6 is 0 Å². The second-order valence-corrected chi connectivity index (χ2v) is 1.92. The highest BCUT2D eigenvalue weighted by Gasteiger charge is 2.08. The SMILES string of the molecule is [O]C(=O)c1ccc(F)c(F)c1. The van der Waals surface area contributed by atoms with Crippen molar-refractivity contribution in [1.82, 2.24) is 0 Å². The number of hydrogen-bond acceptors (Lipinski definition) is 1. The molecule has 0 fully saturated rings. The first-order valence-corrected chi connectivity index (χ1v) is 2.77. The van der Waals surface area contributed by atoms with E-state index in [9.17, 15) is 18.7 Å². The summed E-state index contributed by atoms with van der Waals surface area (Å²) >= 11 is 0. The van der Waals surface area contributed by atoms with Gasteiger partial charge >= 0.3 is 5.97 Å². The van der Waals surface area contributed by atoms with Crippen molar-refractivity contribution in [3.05, 3.63) is 35.4 Å². The van der Waals surface area contributed by atoms with Crippen molar-refractivity contribution in [2.24, 2.45) is 0 Å². The van der Waals surface area contributed by atoms with Gasteiger partial charge in [-0.1, -0.05) is 0 Å². The molecule has 1 aromatic carbocycles. The lowest BCUT2D eigenvalue weighted by molar-refractivity contribution is 0.0572. The van der Waals surface area contributed by atoms with Crippen LogP contribution in [0, 0.1) is 11.6 Å². The van der Waals surface area contributed by atoms with Crippen molar-refractivity contribution in [3.8, 4) is 0 Å². The molecule has 0 aliphatic rings. The van der Waals surface area contributed by atoms with Gasteiger partial charge in [-0.2, -0.15) is 0 Å². The van der Waals surface area contributed by atoms with Crippen molar-refractivity contribution < 1.29 is 18.7 Å². The van der Waals surface area contributed by atoms with E-state index in [4.69, 9.17) is 0 Å². The first-order valence-electron chi connectivity index (χ1n) is 2.77. The van der Waals surface area contributed by atoms with Crippen LogP contribution in [0.3, 0.4) is 0 Å². The Hall–Kier alpha value is -1.45. The van der Waals surface area contributed by atoms with Crippen molar-refractivity contribution in [2.45, 2.75) is 0 Å². The molecule has 0 saturated heterocycles. The summed E-state index contributed by atoms with van der Waals surface area (Å²) in [4.78, 5) is 10.1. The van der Waals surface area contributed by atoms with Crippen LogP contribution in [0.5, 0.6) is 0 Å². The molecule has 1 radical (unpaired) electrons. The highest BCUT2D eigenvalue weighted by atomic mass is 19.2. The van der Waals surface area contributed by atoms with Crippen molar-refractivity contribution >= 4 is 5.97 Å². The van der Waals surface area contributed by atoms with E-state index in [1.807, 2.05) is 0 Å². The average molecular weight is 157 g/mol. The Morgan fingerprint density at radius 2 is 1.82 bits per heavy atom. The number of hydrogen-bond donors (Lipinski definition) is 0. The zero-order valence-electron chi connectivity index (χ0n) is 5.30. The molecular weight excluding hydrogens is 154 g/mol. The van der Waals surface area contributed by atoms with Gasteiger partial charge in [-0.15, -0.1) is 0 Å². The second-order valence-electron chi connectivity index (χ2n) is 1.92. The third kappa shape index (κ3) is 1.52. The summed E-state index contributed by atoms with van der Waals surface area (Å²) in [7, 11) is 0. The quantitative estimate of drug-likeness (QED) is 0.609. The molecule has 0 spiro atoms. The Kier molecular flexibility index (Phi) is 1.85. The molecule has 0 bridgehead atoms. The van der Waals surface area contributed by atoms with Crippen LogP contribution in [0.4, 0.5) is 8.78 Å².